The first-order chi connectivity index (χ1) is 9.19. The number of hydrogen-bond acceptors (Lipinski definition) is 4. The van der Waals surface area contributed by atoms with Crippen molar-refractivity contribution < 1.29 is 9.90 Å². The van der Waals surface area contributed by atoms with Crippen molar-refractivity contribution in [3.63, 3.8) is 0 Å². The van der Waals surface area contributed by atoms with E-state index in [9.17, 15) is 4.79 Å². The van der Waals surface area contributed by atoms with Crippen molar-refractivity contribution in [3.05, 3.63) is 29.6 Å². The molecule has 2 N–H and O–H groups in total. The van der Waals surface area contributed by atoms with Crippen molar-refractivity contribution in [2.45, 2.75) is 18.6 Å². The number of aliphatic hydroxyl groups excluding tert-OH is 1. The van der Waals surface area contributed by atoms with E-state index in [4.69, 9.17) is 5.11 Å². The predicted octanol–water partition coefficient (Wildman–Crippen LogP) is 1.30. The molecule has 0 radical (unpaired) electrons. The Morgan fingerprint density at radius 3 is 3.11 bits per heavy atom. The van der Waals surface area contributed by atoms with Gasteiger partial charge >= 0.3 is 0 Å². The van der Waals surface area contributed by atoms with Crippen LogP contribution in [0.1, 0.15) is 29.3 Å². The summed E-state index contributed by atoms with van der Waals surface area (Å²) in [6.07, 6.45) is 6.07. The molecule has 1 amide bonds. The van der Waals surface area contributed by atoms with Crippen LogP contribution >= 0.6 is 11.8 Å². The molecule has 19 heavy (non-hydrogen) atoms. The van der Waals surface area contributed by atoms with Gasteiger partial charge in [-0.25, -0.2) is 0 Å². The molecule has 0 spiro atoms. The van der Waals surface area contributed by atoms with Gasteiger partial charge in [0.05, 0.1) is 11.1 Å². The van der Waals surface area contributed by atoms with Crippen molar-refractivity contribution in [2.24, 2.45) is 0 Å². The maximum atomic E-state index is 12.0. The highest BCUT2D eigenvalue weighted by molar-refractivity contribution is 7.99. The number of rotatable bonds is 5. The Morgan fingerprint density at radius 1 is 1.63 bits per heavy atom. The third-order valence-corrected chi connectivity index (χ3v) is 3.65. The SMILES string of the molecule is CSC(C)CCNC(=O)c1ccncc1C#CCO. The number of nitrogens with zero attached hydrogens (tertiary/aromatic N) is 1. The highest BCUT2D eigenvalue weighted by atomic mass is 32.2. The molecule has 0 fully saturated rings. The number of aliphatic hydroxyl groups is 1. The van der Waals surface area contributed by atoms with Gasteiger partial charge in [0.25, 0.3) is 5.91 Å². The van der Waals surface area contributed by atoms with E-state index in [2.05, 4.69) is 35.3 Å². The Morgan fingerprint density at radius 2 is 2.42 bits per heavy atom. The number of aromatic nitrogens is 1. The second-order valence-corrected chi connectivity index (χ2v) is 5.25. The minimum atomic E-state index is -0.235. The Labute approximate surface area is 118 Å². The van der Waals surface area contributed by atoms with Crippen LogP contribution in [0.5, 0.6) is 0 Å². The van der Waals surface area contributed by atoms with Crippen molar-refractivity contribution in [3.8, 4) is 11.8 Å². The van der Waals surface area contributed by atoms with Crippen molar-refractivity contribution >= 4 is 17.7 Å². The second kappa shape index (κ2) is 8.57. The summed E-state index contributed by atoms with van der Waals surface area (Å²) in [6.45, 7) is 2.53. The quantitative estimate of drug-likeness (QED) is 0.797. The number of carbonyl (C=O) groups is 1. The molecule has 102 valence electrons. The van der Waals surface area contributed by atoms with Crippen LogP contribution in [0.2, 0.25) is 0 Å². The molecule has 0 bridgehead atoms. The van der Waals surface area contributed by atoms with E-state index < -0.39 is 0 Å². The highest BCUT2D eigenvalue weighted by Gasteiger charge is 2.10. The summed E-state index contributed by atoms with van der Waals surface area (Å²) in [7, 11) is 0. The average molecular weight is 278 g/mol. The van der Waals surface area contributed by atoms with Crippen LogP contribution in [0.3, 0.4) is 0 Å². The fourth-order valence-corrected chi connectivity index (χ4v) is 1.78. The summed E-state index contributed by atoms with van der Waals surface area (Å²) in [5.41, 5.74) is 1.03. The summed E-state index contributed by atoms with van der Waals surface area (Å²) in [5, 5.41) is 12.1. The van der Waals surface area contributed by atoms with Crippen LogP contribution in [0, 0.1) is 11.8 Å². The van der Waals surface area contributed by atoms with E-state index in [1.165, 1.54) is 6.20 Å². The van der Waals surface area contributed by atoms with Gasteiger partial charge in [-0.3, -0.25) is 9.78 Å². The minimum Gasteiger partial charge on any atom is -0.384 e. The van der Waals surface area contributed by atoms with Crippen molar-refractivity contribution in [1.82, 2.24) is 10.3 Å². The molecule has 5 heteroatoms. The monoisotopic (exact) mass is 278 g/mol. The lowest BCUT2D eigenvalue weighted by Crippen LogP contribution is -2.26. The molecule has 0 saturated heterocycles. The molecular formula is C14H18N2O2S. The van der Waals surface area contributed by atoms with Crippen LogP contribution in [-0.4, -0.2) is 40.7 Å². The topological polar surface area (TPSA) is 62.2 Å². The normalized spacial score (nSPS) is 11.3. The first-order valence-corrected chi connectivity index (χ1v) is 7.32. The number of hydrogen-bond donors (Lipinski definition) is 2. The molecule has 1 rings (SSSR count). The fraction of sp³-hybridized carbons (Fsp3) is 0.429. The highest BCUT2D eigenvalue weighted by Crippen LogP contribution is 2.09. The van der Waals surface area contributed by atoms with E-state index >= 15 is 0 Å². The smallest absolute Gasteiger partial charge is 0.252 e. The lowest BCUT2D eigenvalue weighted by molar-refractivity contribution is 0.0953. The van der Waals surface area contributed by atoms with E-state index in [-0.39, 0.29) is 12.5 Å². The van der Waals surface area contributed by atoms with Crippen molar-refractivity contribution in [1.29, 1.82) is 0 Å². The first kappa shape index (κ1) is 15.5. The Hall–Kier alpha value is -1.51. The van der Waals surface area contributed by atoms with Crippen LogP contribution < -0.4 is 5.32 Å². The summed E-state index contributed by atoms with van der Waals surface area (Å²) >= 11 is 1.78. The lowest BCUT2D eigenvalue weighted by atomic mass is 10.1. The molecule has 0 aliphatic rings. The number of amides is 1. The molecule has 1 aromatic rings. The van der Waals surface area contributed by atoms with Crippen LogP contribution in [-0.2, 0) is 0 Å². The zero-order valence-electron chi connectivity index (χ0n) is 11.1. The van der Waals surface area contributed by atoms with E-state index in [0.29, 0.717) is 22.9 Å². The minimum absolute atomic E-state index is 0.155. The number of nitrogens with one attached hydrogen (secondary N) is 1. The zero-order chi connectivity index (χ0) is 14.1. The third-order valence-electron chi connectivity index (χ3n) is 2.61. The molecule has 4 nitrogen and oxygen atoms in total. The van der Waals surface area contributed by atoms with Crippen LogP contribution in [0.15, 0.2) is 18.5 Å². The van der Waals surface area contributed by atoms with Gasteiger partial charge in [0.15, 0.2) is 0 Å². The standard InChI is InChI=1S/C14H18N2O2S/c1-11(19-2)5-8-16-14(18)13-6-7-15-10-12(13)4-3-9-17/h6-7,10-11,17H,5,8-9H2,1-2H3,(H,16,18). The Kier molecular flexibility index (Phi) is 7.01. The van der Waals surface area contributed by atoms with E-state index in [1.807, 2.05) is 0 Å². The number of thioether (sulfide) groups is 1. The summed E-state index contributed by atoms with van der Waals surface area (Å²) in [6, 6.07) is 1.63. The van der Waals surface area contributed by atoms with Gasteiger partial charge in [-0.1, -0.05) is 18.8 Å². The number of pyridine rings is 1. The summed E-state index contributed by atoms with van der Waals surface area (Å²) < 4.78 is 0. The van der Waals surface area contributed by atoms with Gasteiger partial charge in [-0.05, 0) is 18.7 Å². The molecule has 0 aliphatic carbocycles. The van der Waals surface area contributed by atoms with Gasteiger partial charge in [-0.15, -0.1) is 0 Å². The molecule has 0 aliphatic heterocycles. The Balaban J connectivity index is 2.66. The van der Waals surface area contributed by atoms with Gasteiger partial charge in [-0.2, -0.15) is 11.8 Å². The van der Waals surface area contributed by atoms with Gasteiger partial charge in [0.2, 0.25) is 0 Å². The average Bonchev–Trinajstić information content (AvgIpc) is 2.45. The van der Waals surface area contributed by atoms with E-state index in [0.717, 1.165) is 6.42 Å². The van der Waals surface area contributed by atoms with Gasteiger partial charge in [0.1, 0.15) is 6.61 Å². The Bertz CT molecular complexity index is 480. The van der Waals surface area contributed by atoms with Crippen LogP contribution in [0.25, 0.3) is 0 Å². The fourth-order valence-electron chi connectivity index (χ4n) is 1.43. The van der Waals surface area contributed by atoms with Crippen molar-refractivity contribution in [2.75, 3.05) is 19.4 Å². The summed E-state index contributed by atoms with van der Waals surface area (Å²) in [5.74, 6) is 5.10. The second-order valence-electron chi connectivity index (χ2n) is 3.97. The largest absolute Gasteiger partial charge is 0.384 e. The first-order valence-electron chi connectivity index (χ1n) is 6.03. The zero-order valence-corrected chi connectivity index (χ0v) is 12.0. The maximum Gasteiger partial charge on any atom is 0.252 e. The molecule has 0 saturated carbocycles. The number of carbonyl (C=O) groups excluding carboxylic acids is 1. The third kappa shape index (κ3) is 5.33. The van der Waals surface area contributed by atoms with Crippen LogP contribution in [0.4, 0.5) is 0 Å². The van der Waals surface area contributed by atoms with E-state index in [1.54, 1.807) is 24.0 Å². The summed E-state index contributed by atoms with van der Waals surface area (Å²) in [4.78, 5) is 16.0. The van der Waals surface area contributed by atoms with Gasteiger partial charge < -0.3 is 10.4 Å². The molecule has 1 atom stereocenters. The molecule has 1 aromatic heterocycles. The molecule has 1 heterocycles. The predicted molar refractivity (Wildman–Crippen MR) is 78.1 cm³/mol. The lowest BCUT2D eigenvalue weighted by Gasteiger charge is -2.09. The molecule has 1 unspecified atom stereocenters. The molecular weight excluding hydrogens is 260 g/mol. The molecule has 0 aromatic carbocycles. The van der Waals surface area contributed by atoms with Gasteiger partial charge in [0, 0.05) is 24.2 Å². The maximum absolute atomic E-state index is 12.0.